The Morgan fingerprint density at radius 3 is 2.12 bits per heavy atom. The summed E-state index contributed by atoms with van der Waals surface area (Å²) < 4.78 is 0. The van der Waals surface area contributed by atoms with Gasteiger partial charge in [-0.05, 0) is 41.4 Å². The van der Waals surface area contributed by atoms with Crippen LogP contribution in [-0.2, 0) is 5.41 Å². The van der Waals surface area contributed by atoms with Crippen molar-refractivity contribution < 1.29 is 5.11 Å². The Bertz CT molecular complexity index is 345. The molecule has 16 heavy (non-hydrogen) atoms. The first kappa shape index (κ1) is 13.1. The Labute approximate surface area is 99.5 Å². The lowest BCUT2D eigenvalue weighted by molar-refractivity contribution is 0.314. The van der Waals surface area contributed by atoms with E-state index in [1.54, 1.807) is 6.07 Å². The van der Waals surface area contributed by atoms with Crippen LogP contribution in [0.3, 0.4) is 0 Å². The summed E-state index contributed by atoms with van der Waals surface area (Å²) in [5, 5.41) is 9.50. The van der Waals surface area contributed by atoms with Crippen molar-refractivity contribution in [2.45, 2.75) is 52.9 Å². The summed E-state index contributed by atoms with van der Waals surface area (Å²) in [5.41, 5.74) is 1.72. The molecule has 1 heteroatoms. The largest absolute Gasteiger partial charge is 0.508 e. The second-order valence-corrected chi connectivity index (χ2v) is 6.49. The van der Waals surface area contributed by atoms with Crippen molar-refractivity contribution in [2.24, 2.45) is 5.41 Å². The molecule has 0 heterocycles. The Balaban J connectivity index is 2.77. The molecular formula is C15H24O. The van der Waals surface area contributed by atoms with E-state index in [1.807, 2.05) is 12.1 Å². The van der Waals surface area contributed by atoms with Gasteiger partial charge in [0.2, 0.25) is 0 Å². The molecule has 0 radical (unpaired) electrons. The average Bonchev–Trinajstić information content (AvgIpc) is 2.14. The minimum atomic E-state index is 0.131. The van der Waals surface area contributed by atoms with Gasteiger partial charge in [0.25, 0.3) is 0 Å². The van der Waals surface area contributed by atoms with Crippen molar-refractivity contribution in [2.75, 3.05) is 0 Å². The van der Waals surface area contributed by atoms with E-state index in [2.05, 4.69) is 40.7 Å². The predicted molar refractivity (Wildman–Crippen MR) is 69.8 cm³/mol. The Kier molecular flexibility index (Phi) is 3.67. The normalized spacial score (nSPS) is 12.8. The average molecular weight is 220 g/mol. The third-order valence-corrected chi connectivity index (χ3v) is 3.13. The smallest absolute Gasteiger partial charge is 0.115 e. The maximum absolute atomic E-state index is 9.50. The zero-order valence-corrected chi connectivity index (χ0v) is 11.2. The minimum absolute atomic E-state index is 0.131. The van der Waals surface area contributed by atoms with Crippen molar-refractivity contribution in [1.29, 1.82) is 0 Å². The molecule has 0 aliphatic rings. The van der Waals surface area contributed by atoms with E-state index in [9.17, 15) is 5.11 Å². The molecule has 0 spiro atoms. The second kappa shape index (κ2) is 4.48. The maximum Gasteiger partial charge on any atom is 0.115 e. The van der Waals surface area contributed by atoms with Gasteiger partial charge in [-0.2, -0.15) is 0 Å². The highest BCUT2D eigenvalue weighted by Gasteiger charge is 2.23. The lowest BCUT2D eigenvalue weighted by Crippen LogP contribution is -2.20. The highest BCUT2D eigenvalue weighted by Crippen LogP contribution is 2.34. The highest BCUT2D eigenvalue weighted by molar-refractivity contribution is 5.32. The number of hydrogen-bond acceptors (Lipinski definition) is 1. The maximum atomic E-state index is 9.50. The Hall–Kier alpha value is -0.980. The summed E-state index contributed by atoms with van der Waals surface area (Å²) in [4.78, 5) is 0. The van der Waals surface area contributed by atoms with Gasteiger partial charge in [0, 0.05) is 0 Å². The van der Waals surface area contributed by atoms with Crippen molar-refractivity contribution in [1.82, 2.24) is 0 Å². The van der Waals surface area contributed by atoms with Gasteiger partial charge < -0.3 is 5.11 Å². The molecule has 0 aromatic heterocycles. The van der Waals surface area contributed by atoms with E-state index in [1.165, 1.54) is 12.0 Å². The fourth-order valence-corrected chi connectivity index (χ4v) is 1.76. The molecule has 1 aromatic rings. The van der Waals surface area contributed by atoms with Gasteiger partial charge in [-0.1, -0.05) is 46.8 Å². The molecule has 0 saturated heterocycles. The Morgan fingerprint density at radius 2 is 1.62 bits per heavy atom. The minimum Gasteiger partial charge on any atom is -0.508 e. The molecule has 0 aliphatic carbocycles. The fourth-order valence-electron chi connectivity index (χ4n) is 1.76. The molecule has 0 saturated carbocycles. The van der Waals surface area contributed by atoms with Gasteiger partial charge in [0.1, 0.15) is 5.75 Å². The molecule has 0 bridgehead atoms. The van der Waals surface area contributed by atoms with Gasteiger partial charge in [-0.3, -0.25) is 0 Å². The number of aromatic hydroxyl groups is 1. The molecule has 0 atom stereocenters. The summed E-state index contributed by atoms with van der Waals surface area (Å²) in [7, 11) is 0. The molecule has 1 nitrogen and oxygen atoms in total. The van der Waals surface area contributed by atoms with Crippen molar-refractivity contribution in [3.63, 3.8) is 0 Å². The van der Waals surface area contributed by atoms with E-state index >= 15 is 0 Å². The number of hydrogen-bond donors (Lipinski definition) is 1. The summed E-state index contributed by atoms with van der Waals surface area (Å²) in [6.07, 6.45) is 2.33. The van der Waals surface area contributed by atoms with E-state index in [0.29, 0.717) is 11.2 Å². The van der Waals surface area contributed by atoms with E-state index < -0.39 is 0 Å². The summed E-state index contributed by atoms with van der Waals surface area (Å²) in [6, 6.07) is 7.62. The molecule has 1 aromatic carbocycles. The molecule has 0 fully saturated rings. The van der Waals surface area contributed by atoms with Gasteiger partial charge in [0.05, 0.1) is 0 Å². The van der Waals surface area contributed by atoms with E-state index in [0.717, 1.165) is 6.42 Å². The second-order valence-electron chi connectivity index (χ2n) is 6.49. The quantitative estimate of drug-likeness (QED) is 0.795. The van der Waals surface area contributed by atoms with Crippen LogP contribution < -0.4 is 0 Å². The molecule has 0 aliphatic heterocycles. The van der Waals surface area contributed by atoms with Gasteiger partial charge in [-0.15, -0.1) is 0 Å². The number of phenolic OH excluding ortho intramolecular Hbond substituents is 1. The van der Waals surface area contributed by atoms with Crippen LogP contribution in [0.4, 0.5) is 0 Å². The van der Waals surface area contributed by atoms with E-state index in [4.69, 9.17) is 0 Å². The van der Waals surface area contributed by atoms with Crippen molar-refractivity contribution >= 4 is 0 Å². The molecule has 0 amide bonds. The number of rotatable bonds is 3. The van der Waals surface area contributed by atoms with Crippen LogP contribution in [0.25, 0.3) is 0 Å². The zero-order valence-electron chi connectivity index (χ0n) is 11.2. The molecular weight excluding hydrogens is 196 g/mol. The molecule has 1 N–H and O–H groups in total. The van der Waals surface area contributed by atoms with Crippen molar-refractivity contribution in [3.8, 4) is 5.75 Å². The van der Waals surface area contributed by atoms with Crippen LogP contribution in [-0.4, -0.2) is 5.11 Å². The highest BCUT2D eigenvalue weighted by atomic mass is 16.3. The lowest BCUT2D eigenvalue weighted by atomic mass is 9.76. The Morgan fingerprint density at radius 1 is 1.00 bits per heavy atom. The predicted octanol–water partition coefficient (Wildman–Crippen LogP) is 4.50. The van der Waals surface area contributed by atoms with Crippen LogP contribution in [0.1, 0.15) is 53.0 Å². The first-order valence-corrected chi connectivity index (χ1v) is 6.00. The summed E-state index contributed by atoms with van der Waals surface area (Å²) in [6.45, 7) is 11.3. The summed E-state index contributed by atoms with van der Waals surface area (Å²) >= 11 is 0. The van der Waals surface area contributed by atoms with Crippen LogP contribution in [0, 0.1) is 5.41 Å². The van der Waals surface area contributed by atoms with Gasteiger partial charge in [0.15, 0.2) is 0 Å². The van der Waals surface area contributed by atoms with Crippen LogP contribution >= 0.6 is 0 Å². The molecule has 1 rings (SSSR count). The first-order valence-electron chi connectivity index (χ1n) is 6.00. The van der Waals surface area contributed by atoms with Crippen LogP contribution in [0.15, 0.2) is 24.3 Å². The topological polar surface area (TPSA) is 20.2 Å². The first-order chi connectivity index (χ1) is 7.21. The van der Waals surface area contributed by atoms with Crippen LogP contribution in [0.5, 0.6) is 5.75 Å². The van der Waals surface area contributed by atoms with Gasteiger partial charge in [-0.25, -0.2) is 0 Å². The van der Waals surface area contributed by atoms with Gasteiger partial charge >= 0.3 is 0 Å². The number of benzene rings is 1. The zero-order chi connectivity index (χ0) is 12.4. The lowest BCUT2D eigenvalue weighted by Gasteiger charge is -2.29. The number of phenols is 1. The third-order valence-electron chi connectivity index (χ3n) is 3.13. The summed E-state index contributed by atoms with van der Waals surface area (Å²) in [5.74, 6) is 0.362. The third kappa shape index (κ3) is 3.88. The van der Waals surface area contributed by atoms with Crippen LogP contribution in [0.2, 0.25) is 0 Å². The molecule has 90 valence electrons. The fraction of sp³-hybridized carbons (Fsp3) is 0.600. The standard InChI is InChI=1S/C15H24O/c1-14(2,3)9-10-15(4,5)12-7-6-8-13(16)11-12/h6-8,11,16H,9-10H2,1-5H3. The monoisotopic (exact) mass is 220 g/mol. The molecule has 0 unspecified atom stereocenters. The van der Waals surface area contributed by atoms with E-state index in [-0.39, 0.29) is 5.41 Å². The van der Waals surface area contributed by atoms with Crippen molar-refractivity contribution in [3.05, 3.63) is 29.8 Å². The SMILES string of the molecule is CC(C)(C)CCC(C)(C)c1cccc(O)c1.